The molecule has 6 rings (SSSR count). The van der Waals surface area contributed by atoms with Crippen molar-refractivity contribution in [1.82, 2.24) is 14.9 Å². The lowest BCUT2D eigenvalue weighted by Crippen LogP contribution is -2.32. The van der Waals surface area contributed by atoms with Gasteiger partial charge in [0.05, 0.1) is 5.52 Å². The smallest absolute Gasteiger partial charge is 0.227 e. The van der Waals surface area contributed by atoms with Gasteiger partial charge in [0.2, 0.25) is 5.95 Å². The van der Waals surface area contributed by atoms with Gasteiger partial charge in [-0.15, -0.1) is 0 Å². The molecule has 2 heterocycles. The quantitative estimate of drug-likeness (QED) is 0.233. The average Bonchev–Trinajstić information content (AvgIpc) is 3.37. The zero-order valence-electron chi connectivity index (χ0n) is 22.7. The van der Waals surface area contributed by atoms with Gasteiger partial charge >= 0.3 is 0 Å². The lowest BCUT2D eigenvalue weighted by Gasteiger charge is -2.25. The van der Waals surface area contributed by atoms with Gasteiger partial charge in [0, 0.05) is 28.9 Å². The molecule has 0 bridgehead atoms. The Balaban J connectivity index is 0.000000723. The van der Waals surface area contributed by atoms with Crippen LogP contribution in [-0.2, 0) is 23.7 Å². The van der Waals surface area contributed by atoms with Crippen molar-refractivity contribution in [3.63, 3.8) is 0 Å². The first-order chi connectivity index (χ1) is 18.9. The van der Waals surface area contributed by atoms with Crippen LogP contribution >= 0.6 is 0 Å². The van der Waals surface area contributed by atoms with Crippen molar-refractivity contribution in [2.24, 2.45) is 5.14 Å². The molecular formula is C31H37N5O2S. The fourth-order valence-electron chi connectivity index (χ4n) is 5.95. The summed E-state index contributed by atoms with van der Waals surface area (Å²) in [5.41, 5.74) is 10.0. The number of hydrogen-bond donors (Lipinski definition) is 3. The Bertz CT molecular complexity index is 1540. The second kappa shape index (κ2) is 12.2. The maximum Gasteiger partial charge on any atom is 0.227 e. The fourth-order valence-corrected chi connectivity index (χ4v) is 5.95. The Labute approximate surface area is 232 Å². The first-order valence-corrected chi connectivity index (χ1v) is 15.0. The normalized spacial score (nSPS) is 17.4. The predicted octanol–water partition coefficient (Wildman–Crippen LogP) is 5.47. The molecule has 0 spiro atoms. The van der Waals surface area contributed by atoms with Gasteiger partial charge in [0.15, 0.2) is 10.9 Å². The van der Waals surface area contributed by atoms with Gasteiger partial charge < -0.3 is 10.2 Å². The van der Waals surface area contributed by atoms with Crippen molar-refractivity contribution in [2.45, 2.75) is 58.4 Å². The number of anilines is 2. The Morgan fingerprint density at radius 2 is 1.62 bits per heavy atom. The number of para-hydroxylation sites is 1. The van der Waals surface area contributed by atoms with E-state index in [1.165, 1.54) is 73.0 Å². The van der Waals surface area contributed by atoms with Crippen molar-refractivity contribution >= 4 is 33.4 Å². The molecule has 1 aliphatic heterocycles. The molecule has 2 aliphatic rings. The summed E-state index contributed by atoms with van der Waals surface area (Å²) in [6.45, 7) is 6.93. The number of aromatic nitrogens is 2. The van der Waals surface area contributed by atoms with Crippen LogP contribution in [0.1, 0.15) is 47.9 Å². The number of nitrogens with one attached hydrogen (secondary N) is 1. The highest BCUT2D eigenvalue weighted by molar-refractivity contribution is 7.69. The van der Waals surface area contributed by atoms with Crippen molar-refractivity contribution in [3.8, 4) is 11.1 Å². The minimum Gasteiger partial charge on any atom is -0.324 e. The molecule has 39 heavy (non-hydrogen) atoms. The van der Waals surface area contributed by atoms with Crippen LogP contribution < -0.4 is 10.5 Å². The maximum absolute atomic E-state index is 8.81. The third kappa shape index (κ3) is 6.46. The van der Waals surface area contributed by atoms with Gasteiger partial charge in [-0.1, -0.05) is 42.5 Å². The second-order valence-electron chi connectivity index (χ2n) is 10.6. The second-order valence-corrected chi connectivity index (χ2v) is 11.1. The molecule has 7 nitrogen and oxygen atoms in total. The number of likely N-dealkylation sites (tertiary alicyclic amines) is 1. The van der Waals surface area contributed by atoms with E-state index in [9.17, 15) is 0 Å². The van der Waals surface area contributed by atoms with Crippen molar-refractivity contribution in [1.29, 1.82) is 0 Å². The van der Waals surface area contributed by atoms with E-state index in [2.05, 4.69) is 88.8 Å². The lowest BCUT2D eigenvalue weighted by atomic mass is 9.95. The summed E-state index contributed by atoms with van der Waals surface area (Å²) in [5, 5.41) is 8.63. The van der Waals surface area contributed by atoms with Gasteiger partial charge in [-0.25, -0.2) is 23.5 Å². The average molecular weight is 544 g/mol. The van der Waals surface area contributed by atoms with E-state index in [0.29, 0.717) is 5.95 Å². The zero-order chi connectivity index (χ0) is 27.4. The molecule has 0 amide bonds. The van der Waals surface area contributed by atoms with E-state index in [0.717, 1.165) is 34.6 Å². The molecule has 1 aromatic heterocycles. The molecule has 0 radical (unpaired) electrons. The molecule has 3 N–H and O–H groups in total. The van der Waals surface area contributed by atoms with Crippen LogP contribution in [0.4, 0.5) is 11.6 Å². The molecule has 8 heteroatoms. The molecule has 1 fully saturated rings. The van der Waals surface area contributed by atoms with Gasteiger partial charge in [-0.2, -0.15) is 0 Å². The minimum absolute atomic E-state index is 0.652. The molecule has 3 aromatic carbocycles. The van der Waals surface area contributed by atoms with Crippen molar-refractivity contribution in [2.75, 3.05) is 18.4 Å². The highest BCUT2D eigenvalue weighted by Gasteiger charge is 2.24. The number of hydrogen-bond acceptors (Lipinski definition) is 6. The largest absolute Gasteiger partial charge is 0.324 e. The molecule has 0 saturated carbocycles. The summed E-state index contributed by atoms with van der Waals surface area (Å²) >= 11 is 0. The molecule has 1 aliphatic carbocycles. The van der Waals surface area contributed by atoms with Crippen LogP contribution in [0.2, 0.25) is 0 Å². The van der Waals surface area contributed by atoms with Crippen LogP contribution in [0.25, 0.3) is 22.0 Å². The number of aryl methyl sites for hydroxylation is 3. The minimum atomic E-state index is -2.62. The fraction of sp³-hybridized carbons (Fsp3) is 0.355. The Morgan fingerprint density at radius 1 is 0.923 bits per heavy atom. The Morgan fingerprint density at radius 3 is 2.38 bits per heavy atom. The van der Waals surface area contributed by atoms with Crippen LogP contribution in [0, 0.1) is 13.8 Å². The van der Waals surface area contributed by atoms with Crippen LogP contribution in [0.3, 0.4) is 0 Å². The summed E-state index contributed by atoms with van der Waals surface area (Å²) in [7, 11) is -2.62. The highest BCUT2D eigenvalue weighted by Crippen LogP contribution is 2.32. The monoisotopic (exact) mass is 543 g/mol. The Hall–Kier alpha value is -3.33. The third-order valence-corrected chi connectivity index (χ3v) is 8.12. The molecular weight excluding hydrogens is 506 g/mol. The summed E-state index contributed by atoms with van der Waals surface area (Å²) < 4.78 is 17.6. The topological polar surface area (TPSA) is 101 Å². The number of fused-ring (bicyclic) bond motifs is 2. The van der Waals surface area contributed by atoms with E-state index in [-0.39, 0.29) is 0 Å². The standard InChI is InChI=1S/C31H34N4.H3NO2S/c1-21-7-5-9-28(22(21)2)29-10-6-8-25-20-32-31(34-30(25)29)33-26-14-11-23-12-15-27(16-13-24(23)19-26)35-17-3-4-18-35;1-4(2)3/h5-11,14,19-20,27H,3-4,12-13,15-18H2,1-2H3,(H,32,33,34);4H,(H2,1,2,3). The summed E-state index contributed by atoms with van der Waals surface area (Å²) in [6.07, 6.45) is 9.56. The van der Waals surface area contributed by atoms with E-state index in [1.807, 2.05) is 6.20 Å². The van der Waals surface area contributed by atoms with Crippen molar-refractivity contribution < 1.29 is 8.42 Å². The molecule has 1 saturated heterocycles. The van der Waals surface area contributed by atoms with Crippen LogP contribution in [0.5, 0.6) is 0 Å². The van der Waals surface area contributed by atoms with Gasteiger partial charge in [-0.05, 0) is 105 Å². The zero-order valence-corrected chi connectivity index (χ0v) is 23.6. The summed E-state index contributed by atoms with van der Waals surface area (Å²) in [5.74, 6) is 0.652. The lowest BCUT2D eigenvalue weighted by molar-refractivity contribution is 0.222. The van der Waals surface area contributed by atoms with E-state index in [4.69, 9.17) is 13.4 Å². The summed E-state index contributed by atoms with van der Waals surface area (Å²) in [4.78, 5) is 12.4. The van der Waals surface area contributed by atoms with Crippen LogP contribution in [-0.4, -0.2) is 42.4 Å². The predicted molar refractivity (Wildman–Crippen MR) is 160 cm³/mol. The Kier molecular flexibility index (Phi) is 8.55. The number of benzene rings is 3. The van der Waals surface area contributed by atoms with Crippen molar-refractivity contribution in [3.05, 3.63) is 83.0 Å². The van der Waals surface area contributed by atoms with E-state index < -0.39 is 10.9 Å². The first-order valence-electron chi connectivity index (χ1n) is 13.7. The van der Waals surface area contributed by atoms with Gasteiger partial charge in [0.1, 0.15) is 0 Å². The molecule has 4 aromatic rings. The number of nitrogens with zero attached hydrogens (tertiary/aromatic N) is 3. The SMILES string of the molecule is Cc1cccc(-c2cccc3cnc(Nc4ccc5c(c4)CCC(N4CCCC4)CC5)nc23)c1C.N[SH](=O)=O. The molecule has 1 atom stereocenters. The first kappa shape index (κ1) is 27.2. The van der Waals surface area contributed by atoms with Crippen LogP contribution in [0.15, 0.2) is 60.8 Å². The number of thiol groups is 1. The van der Waals surface area contributed by atoms with Gasteiger partial charge in [-0.3, -0.25) is 0 Å². The highest BCUT2D eigenvalue weighted by atomic mass is 32.2. The summed E-state index contributed by atoms with van der Waals surface area (Å²) in [6, 6.07) is 20.4. The third-order valence-electron chi connectivity index (χ3n) is 8.12. The van der Waals surface area contributed by atoms with E-state index in [1.54, 1.807) is 0 Å². The molecule has 1 unspecified atom stereocenters. The maximum atomic E-state index is 8.81. The van der Waals surface area contributed by atoms with Gasteiger partial charge in [0.25, 0.3) is 0 Å². The number of rotatable bonds is 4. The number of nitrogens with two attached hydrogens (primary N) is 1. The molecule has 204 valence electrons. The van der Waals surface area contributed by atoms with E-state index >= 15 is 0 Å².